The molecule has 3 heterocycles. The molecule has 10 heteroatoms. The Hall–Kier alpha value is -1.96. The number of anilines is 2. The van der Waals surface area contributed by atoms with Crippen molar-refractivity contribution in [2.75, 3.05) is 5.32 Å². The lowest BCUT2D eigenvalue weighted by molar-refractivity contribution is 0.965. The van der Waals surface area contributed by atoms with Gasteiger partial charge in [-0.3, -0.25) is 5.10 Å². The second kappa shape index (κ2) is 9.49. The van der Waals surface area contributed by atoms with Crippen molar-refractivity contribution in [3.63, 3.8) is 0 Å². The Kier molecular flexibility index (Phi) is 7.04. The number of nitrogens with one attached hydrogen (secondary N) is 2. The maximum atomic E-state index is 5.87. The molecule has 1 fully saturated rings. The number of aromatic amines is 1. The maximum Gasteiger partial charge on any atom is 0.224 e. The summed E-state index contributed by atoms with van der Waals surface area (Å²) in [5.41, 5.74) is 2.97. The van der Waals surface area contributed by atoms with Crippen molar-refractivity contribution in [1.82, 2.24) is 30.1 Å². The number of aryl methyl sites for hydroxylation is 2. The number of H-pyrrole nitrogens is 1. The maximum absolute atomic E-state index is 5.87. The third-order valence-electron chi connectivity index (χ3n) is 4.07. The Morgan fingerprint density at radius 3 is 2.14 bits per heavy atom. The number of halogens is 3. The van der Waals surface area contributed by atoms with Crippen molar-refractivity contribution in [3.8, 4) is 0 Å². The number of rotatable bonds is 5. The molecule has 4 rings (SSSR count). The molecule has 0 aromatic carbocycles. The first-order chi connectivity index (χ1) is 13.5. The summed E-state index contributed by atoms with van der Waals surface area (Å²) in [4.78, 5) is 15.9. The Morgan fingerprint density at radius 2 is 1.54 bits per heavy atom. The van der Waals surface area contributed by atoms with Gasteiger partial charge in [0.2, 0.25) is 10.6 Å². The van der Waals surface area contributed by atoms with Gasteiger partial charge in [-0.1, -0.05) is 25.4 Å². The second-order valence-corrected chi connectivity index (χ2v) is 7.34. The monoisotopic (exact) mass is 439 g/mol. The molecule has 28 heavy (non-hydrogen) atoms. The summed E-state index contributed by atoms with van der Waals surface area (Å²) < 4.78 is 0. The molecule has 3 aromatic heterocycles. The van der Waals surface area contributed by atoms with Crippen LogP contribution in [-0.4, -0.2) is 30.1 Å². The SMILES string of the molecule is CCc1cc(Cl)nc(Cl)n1.CCc1cc(Nc2cc(C3CC3)[nH]n2)nc(Cl)n1. The smallest absolute Gasteiger partial charge is 0.224 e. The molecule has 1 aliphatic rings. The first-order valence-corrected chi connectivity index (χ1v) is 10.1. The van der Waals surface area contributed by atoms with E-state index in [0.29, 0.717) is 16.9 Å². The van der Waals surface area contributed by atoms with E-state index in [0.717, 1.165) is 30.0 Å². The standard InChI is InChI=1S/C12H14ClN5.C6H6Cl2N2/c1-2-8-5-10(16-12(13)14-8)15-11-6-9(17-18-11)7-3-4-7;1-2-4-3-5(7)10-6(8)9-4/h5-7H,2-4H2,1H3,(H2,14,15,16,17,18);3H,2H2,1H3. The summed E-state index contributed by atoms with van der Waals surface area (Å²) in [6.45, 7) is 4.01. The summed E-state index contributed by atoms with van der Waals surface area (Å²) >= 11 is 17.0. The molecule has 0 atom stereocenters. The van der Waals surface area contributed by atoms with Gasteiger partial charge in [-0.2, -0.15) is 5.10 Å². The quantitative estimate of drug-likeness (QED) is 0.408. The molecule has 0 unspecified atom stereocenters. The minimum absolute atomic E-state index is 0.212. The molecule has 1 aliphatic carbocycles. The van der Waals surface area contributed by atoms with E-state index in [-0.39, 0.29) is 10.6 Å². The molecule has 148 valence electrons. The molecule has 0 bridgehead atoms. The molecule has 2 N–H and O–H groups in total. The van der Waals surface area contributed by atoms with Gasteiger partial charge in [0.05, 0.1) is 0 Å². The predicted octanol–water partition coefficient (Wildman–Crippen LogP) is 5.38. The van der Waals surface area contributed by atoms with E-state index in [1.54, 1.807) is 6.07 Å². The fourth-order valence-electron chi connectivity index (χ4n) is 2.46. The molecule has 0 radical (unpaired) electrons. The molecule has 0 spiro atoms. The summed E-state index contributed by atoms with van der Waals surface area (Å²) in [5, 5.41) is 11.3. The number of nitrogens with zero attached hydrogens (tertiary/aromatic N) is 5. The van der Waals surface area contributed by atoms with Crippen LogP contribution >= 0.6 is 34.8 Å². The van der Waals surface area contributed by atoms with Crippen LogP contribution < -0.4 is 5.32 Å². The van der Waals surface area contributed by atoms with E-state index in [4.69, 9.17) is 34.8 Å². The van der Waals surface area contributed by atoms with E-state index in [1.807, 2.05) is 26.0 Å². The minimum Gasteiger partial charge on any atom is -0.323 e. The average Bonchev–Trinajstić information content (AvgIpc) is 3.40. The Balaban J connectivity index is 0.000000192. The predicted molar refractivity (Wildman–Crippen MR) is 112 cm³/mol. The molecular weight excluding hydrogens is 421 g/mol. The highest BCUT2D eigenvalue weighted by atomic mass is 35.5. The summed E-state index contributed by atoms with van der Waals surface area (Å²) in [6.07, 6.45) is 4.15. The van der Waals surface area contributed by atoms with Gasteiger partial charge in [0.25, 0.3) is 0 Å². The molecule has 3 aromatic rings. The molecule has 0 saturated heterocycles. The van der Waals surface area contributed by atoms with Gasteiger partial charge in [-0.25, -0.2) is 19.9 Å². The zero-order chi connectivity index (χ0) is 20.1. The molecule has 1 saturated carbocycles. The Labute approximate surface area is 178 Å². The van der Waals surface area contributed by atoms with Gasteiger partial charge in [0, 0.05) is 35.1 Å². The van der Waals surface area contributed by atoms with E-state index in [1.165, 1.54) is 18.5 Å². The topological polar surface area (TPSA) is 92.3 Å². The van der Waals surface area contributed by atoms with Crippen molar-refractivity contribution in [2.45, 2.75) is 45.4 Å². The van der Waals surface area contributed by atoms with Crippen LogP contribution in [0.1, 0.15) is 49.7 Å². The van der Waals surface area contributed by atoms with Crippen molar-refractivity contribution in [3.05, 3.63) is 51.0 Å². The lowest BCUT2D eigenvalue weighted by Crippen LogP contribution is -1.98. The third-order valence-corrected chi connectivity index (χ3v) is 4.60. The van der Waals surface area contributed by atoms with Gasteiger partial charge in [0.1, 0.15) is 11.0 Å². The van der Waals surface area contributed by atoms with E-state index in [2.05, 4.69) is 35.5 Å². The summed E-state index contributed by atoms with van der Waals surface area (Å²) in [5.74, 6) is 2.11. The lowest BCUT2D eigenvalue weighted by atomic mass is 10.3. The summed E-state index contributed by atoms with van der Waals surface area (Å²) in [6, 6.07) is 5.62. The van der Waals surface area contributed by atoms with Crippen LogP contribution in [0.25, 0.3) is 0 Å². The van der Waals surface area contributed by atoms with Crippen LogP contribution in [0.2, 0.25) is 15.7 Å². The first kappa shape index (κ1) is 20.8. The van der Waals surface area contributed by atoms with E-state index < -0.39 is 0 Å². The highest BCUT2D eigenvalue weighted by Gasteiger charge is 2.25. The summed E-state index contributed by atoms with van der Waals surface area (Å²) in [7, 11) is 0. The molecule has 7 nitrogen and oxygen atoms in total. The van der Waals surface area contributed by atoms with E-state index >= 15 is 0 Å². The molecule has 0 aliphatic heterocycles. The highest BCUT2D eigenvalue weighted by Crippen LogP contribution is 2.39. The van der Waals surface area contributed by atoms with Crippen molar-refractivity contribution < 1.29 is 0 Å². The van der Waals surface area contributed by atoms with Gasteiger partial charge < -0.3 is 5.32 Å². The molecule has 0 amide bonds. The Morgan fingerprint density at radius 1 is 0.893 bits per heavy atom. The number of aromatic nitrogens is 6. The normalized spacial score (nSPS) is 13.0. The van der Waals surface area contributed by atoms with Crippen LogP contribution in [-0.2, 0) is 12.8 Å². The van der Waals surface area contributed by atoms with Crippen molar-refractivity contribution >= 4 is 46.4 Å². The zero-order valence-corrected chi connectivity index (χ0v) is 17.8. The third kappa shape index (κ3) is 6.02. The fourth-order valence-corrected chi connectivity index (χ4v) is 3.11. The van der Waals surface area contributed by atoms with Crippen LogP contribution in [0, 0.1) is 0 Å². The largest absolute Gasteiger partial charge is 0.323 e. The van der Waals surface area contributed by atoms with E-state index in [9.17, 15) is 0 Å². The van der Waals surface area contributed by atoms with Crippen LogP contribution in [0.4, 0.5) is 11.6 Å². The highest BCUT2D eigenvalue weighted by molar-refractivity contribution is 6.31. The van der Waals surface area contributed by atoms with Gasteiger partial charge >= 0.3 is 0 Å². The van der Waals surface area contributed by atoms with Gasteiger partial charge in [-0.15, -0.1) is 0 Å². The first-order valence-electron chi connectivity index (χ1n) is 9.01. The van der Waals surface area contributed by atoms with Crippen molar-refractivity contribution in [1.29, 1.82) is 0 Å². The minimum atomic E-state index is 0.212. The second-order valence-electron chi connectivity index (χ2n) is 6.28. The van der Waals surface area contributed by atoms with Crippen molar-refractivity contribution in [2.24, 2.45) is 0 Å². The van der Waals surface area contributed by atoms with Crippen LogP contribution in [0.3, 0.4) is 0 Å². The average molecular weight is 441 g/mol. The number of hydrogen-bond acceptors (Lipinski definition) is 6. The Bertz CT molecular complexity index is 920. The van der Waals surface area contributed by atoms with Gasteiger partial charge in [-0.05, 0) is 55.0 Å². The lowest BCUT2D eigenvalue weighted by Gasteiger charge is -2.03. The fraction of sp³-hybridized carbons (Fsp3) is 0.389. The number of hydrogen-bond donors (Lipinski definition) is 2. The van der Waals surface area contributed by atoms with Crippen LogP contribution in [0.15, 0.2) is 18.2 Å². The van der Waals surface area contributed by atoms with Gasteiger partial charge in [0.15, 0.2) is 5.82 Å². The van der Waals surface area contributed by atoms with Crippen LogP contribution in [0.5, 0.6) is 0 Å². The zero-order valence-electron chi connectivity index (χ0n) is 15.5. The molecular formula is C18H20Cl3N7.